The molecule has 0 saturated heterocycles. The fraction of sp³-hybridized carbons (Fsp3) is 0.214. The molecule has 5 aromatic rings. The SMILES string of the molecule is COc1ccc(Cn2nnnc2CN(Cc2ccc(F)cc2)Cc2cc3ccc(OC)cc3[nH]c2=O)cc1. The van der Waals surface area contributed by atoms with Crippen LogP contribution in [0.15, 0.2) is 77.6 Å². The van der Waals surface area contributed by atoms with E-state index in [9.17, 15) is 9.18 Å². The second-order valence-corrected chi connectivity index (χ2v) is 8.95. The van der Waals surface area contributed by atoms with Gasteiger partial charge in [0.05, 0.1) is 32.8 Å². The molecule has 0 unspecified atom stereocenters. The molecule has 0 amide bonds. The summed E-state index contributed by atoms with van der Waals surface area (Å²) in [5, 5.41) is 13.2. The molecule has 0 atom stereocenters. The minimum absolute atomic E-state index is 0.187. The molecule has 0 aliphatic rings. The number of methoxy groups -OCH3 is 2. The summed E-state index contributed by atoms with van der Waals surface area (Å²) >= 11 is 0. The smallest absolute Gasteiger partial charge is 0.252 e. The van der Waals surface area contributed by atoms with Crippen LogP contribution in [0.5, 0.6) is 11.5 Å². The molecule has 0 spiro atoms. The molecule has 0 fully saturated rings. The molecule has 9 nitrogen and oxygen atoms in total. The van der Waals surface area contributed by atoms with Gasteiger partial charge in [0, 0.05) is 24.7 Å². The van der Waals surface area contributed by atoms with Crippen molar-refractivity contribution in [2.45, 2.75) is 26.2 Å². The first-order valence-corrected chi connectivity index (χ1v) is 12.1. The molecule has 0 radical (unpaired) electrons. The van der Waals surface area contributed by atoms with Gasteiger partial charge in [0.1, 0.15) is 17.3 Å². The zero-order chi connectivity index (χ0) is 26.5. The number of pyridine rings is 1. The Labute approximate surface area is 218 Å². The van der Waals surface area contributed by atoms with Crippen molar-refractivity contribution in [1.29, 1.82) is 0 Å². The number of fused-ring (bicyclic) bond motifs is 1. The van der Waals surface area contributed by atoms with Crippen LogP contribution in [0.25, 0.3) is 10.9 Å². The van der Waals surface area contributed by atoms with Gasteiger partial charge in [0.15, 0.2) is 5.82 Å². The van der Waals surface area contributed by atoms with Crippen LogP contribution in [0.4, 0.5) is 4.39 Å². The highest BCUT2D eigenvalue weighted by Crippen LogP contribution is 2.20. The van der Waals surface area contributed by atoms with E-state index in [1.54, 1.807) is 37.1 Å². The molecule has 0 aliphatic heterocycles. The lowest BCUT2D eigenvalue weighted by atomic mass is 10.1. The van der Waals surface area contributed by atoms with Gasteiger partial charge in [0.25, 0.3) is 5.56 Å². The quantitative estimate of drug-likeness (QED) is 0.302. The van der Waals surface area contributed by atoms with Crippen molar-refractivity contribution in [3.8, 4) is 11.5 Å². The molecule has 0 aliphatic carbocycles. The number of nitrogens with zero attached hydrogens (tertiary/aromatic N) is 5. The monoisotopic (exact) mass is 514 g/mol. The van der Waals surface area contributed by atoms with Crippen LogP contribution in [0.3, 0.4) is 0 Å². The maximum atomic E-state index is 13.5. The number of rotatable bonds is 10. The number of halogens is 1. The third kappa shape index (κ3) is 5.87. The Morgan fingerprint density at radius 3 is 2.32 bits per heavy atom. The van der Waals surface area contributed by atoms with Crippen molar-refractivity contribution in [2.24, 2.45) is 0 Å². The number of nitrogens with one attached hydrogen (secondary N) is 1. The molecule has 38 heavy (non-hydrogen) atoms. The number of hydrogen-bond donors (Lipinski definition) is 1. The zero-order valence-electron chi connectivity index (χ0n) is 21.1. The number of aromatic nitrogens is 5. The van der Waals surface area contributed by atoms with E-state index in [4.69, 9.17) is 9.47 Å². The largest absolute Gasteiger partial charge is 0.497 e. The van der Waals surface area contributed by atoms with Crippen LogP contribution in [0.2, 0.25) is 0 Å². The predicted octanol–water partition coefficient (Wildman–Crippen LogP) is 3.92. The summed E-state index contributed by atoms with van der Waals surface area (Å²) in [6.45, 7) is 1.66. The number of H-pyrrole nitrogens is 1. The Hall–Kier alpha value is -4.57. The van der Waals surface area contributed by atoms with Crippen LogP contribution < -0.4 is 15.0 Å². The van der Waals surface area contributed by atoms with Crippen LogP contribution in [-0.2, 0) is 26.2 Å². The van der Waals surface area contributed by atoms with Crippen LogP contribution >= 0.6 is 0 Å². The average Bonchev–Trinajstić information content (AvgIpc) is 3.36. The summed E-state index contributed by atoms with van der Waals surface area (Å²) < 4.78 is 25.8. The molecular formula is C28H27FN6O3. The van der Waals surface area contributed by atoms with Crippen molar-refractivity contribution in [3.63, 3.8) is 0 Å². The van der Waals surface area contributed by atoms with Crippen molar-refractivity contribution < 1.29 is 13.9 Å². The summed E-state index contributed by atoms with van der Waals surface area (Å²) in [4.78, 5) is 18.0. The maximum absolute atomic E-state index is 13.5. The van der Waals surface area contributed by atoms with E-state index in [0.29, 0.717) is 48.8 Å². The number of benzene rings is 3. The van der Waals surface area contributed by atoms with Crippen molar-refractivity contribution in [2.75, 3.05) is 14.2 Å². The number of hydrogen-bond acceptors (Lipinski definition) is 7. The molecule has 194 valence electrons. The van der Waals surface area contributed by atoms with Gasteiger partial charge >= 0.3 is 0 Å². The highest BCUT2D eigenvalue weighted by Gasteiger charge is 2.16. The van der Waals surface area contributed by atoms with Gasteiger partial charge < -0.3 is 14.5 Å². The summed E-state index contributed by atoms with van der Waals surface area (Å²) in [6.07, 6.45) is 0. The molecule has 5 rings (SSSR count). The topological polar surface area (TPSA) is 98.2 Å². The molecule has 2 aromatic heterocycles. The molecule has 0 saturated carbocycles. The van der Waals surface area contributed by atoms with Gasteiger partial charge in [-0.05, 0) is 69.4 Å². The van der Waals surface area contributed by atoms with Crippen molar-refractivity contribution in [3.05, 3.63) is 111 Å². The Morgan fingerprint density at radius 1 is 0.868 bits per heavy atom. The van der Waals surface area contributed by atoms with Gasteiger partial charge in [-0.2, -0.15) is 0 Å². The van der Waals surface area contributed by atoms with E-state index in [2.05, 4.69) is 25.4 Å². The van der Waals surface area contributed by atoms with Gasteiger partial charge in [0.2, 0.25) is 0 Å². The zero-order valence-corrected chi connectivity index (χ0v) is 21.1. The predicted molar refractivity (Wildman–Crippen MR) is 140 cm³/mol. The van der Waals surface area contributed by atoms with Crippen molar-refractivity contribution in [1.82, 2.24) is 30.1 Å². The first kappa shape index (κ1) is 25.1. The second-order valence-electron chi connectivity index (χ2n) is 8.95. The highest BCUT2D eigenvalue weighted by atomic mass is 19.1. The number of ether oxygens (including phenoxy) is 2. The fourth-order valence-corrected chi connectivity index (χ4v) is 4.29. The minimum atomic E-state index is -0.301. The van der Waals surface area contributed by atoms with Crippen LogP contribution in [0, 0.1) is 5.82 Å². The average molecular weight is 515 g/mol. The second kappa shape index (κ2) is 11.2. The normalized spacial score (nSPS) is 11.3. The van der Waals surface area contributed by atoms with Gasteiger partial charge in [-0.1, -0.05) is 24.3 Å². The highest BCUT2D eigenvalue weighted by molar-refractivity contribution is 5.80. The Bertz CT molecular complexity index is 1580. The minimum Gasteiger partial charge on any atom is -0.497 e. The van der Waals surface area contributed by atoms with E-state index in [-0.39, 0.29) is 11.4 Å². The van der Waals surface area contributed by atoms with Crippen LogP contribution in [0.1, 0.15) is 22.5 Å². The number of aromatic amines is 1. The Balaban J connectivity index is 1.42. The van der Waals surface area contributed by atoms with Gasteiger partial charge in [-0.25, -0.2) is 9.07 Å². The van der Waals surface area contributed by atoms with E-state index < -0.39 is 0 Å². The lowest BCUT2D eigenvalue weighted by Crippen LogP contribution is -2.28. The summed E-state index contributed by atoms with van der Waals surface area (Å²) in [7, 11) is 3.21. The molecule has 3 aromatic carbocycles. The first-order valence-electron chi connectivity index (χ1n) is 12.1. The summed E-state index contributed by atoms with van der Waals surface area (Å²) in [6, 6.07) is 21.5. The van der Waals surface area contributed by atoms with Crippen molar-refractivity contribution >= 4 is 10.9 Å². The van der Waals surface area contributed by atoms with E-state index in [1.165, 1.54) is 12.1 Å². The molecule has 0 bridgehead atoms. The summed E-state index contributed by atoms with van der Waals surface area (Å²) in [5.41, 5.74) is 3.03. The first-order chi connectivity index (χ1) is 18.5. The molecule has 1 N–H and O–H groups in total. The van der Waals surface area contributed by atoms with E-state index >= 15 is 0 Å². The molecule has 10 heteroatoms. The summed E-state index contributed by atoms with van der Waals surface area (Å²) in [5.74, 6) is 1.78. The lowest BCUT2D eigenvalue weighted by molar-refractivity contribution is 0.236. The fourth-order valence-electron chi connectivity index (χ4n) is 4.29. The molecular weight excluding hydrogens is 487 g/mol. The third-order valence-corrected chi connectivity index (χ3v) is 6.31. The Kier molecular flexibility index (Phi) is 7.41. The molecule has 2 heterocycles. The number of tetrazole rings is 1. The van der Waals surface area contributed by atoms with E-state index in [0.717, 1.165) is 22.3 Å². The maximum Gasteiger partial charge on any atom is 0.252 e. The van der Waals surface area contributed by atoms with Gasteiger partial charge in [-0.15, -0.1) is 5.10 Å². The standard InChI is InChI=1S/C28H27FN6O3/c1-37-24-10-5-20(6-11-24)16-35-27(31-32-33-35)18-34(15-19-3-8-23(29)9-4-19)17-22-13-21-7-12-25(38-2)14-26(21)30-28(22)36/h3-14H,15-18H2,1-2H3,(H,30,36). The van der Waals surface area contributed by atoms with Gasteiger partial charge in [-0.3, -0.25) is 9.69 Å². The Morgan fingerprint density at radius 2 is 1.58 bits per heavy atom. The third-order valence-electron chi connectivity index (χ3n) is 6.31. The van der Waals surface area contributed by atoms with E-state index in [1.807, 2.05) is 42.5 Å². The van der Waals surface area contributed by atoms with Crippen LogP contribution in [-0.4, -0.2) is 44.3 Å². The lowest BCUT2D eigenvalue weighted by Gasteiger charge is -2.22.